The molecule has 0 saturated carbocycles. The number of para-hydroxylation sites is 1. The van der Waals surface area contributed by atoms with E-state index in [1.807, 2.05) is 0 Å². The van der Waals surface area contributed by atoms with Crippen LogP contribution in [-0.4, -0.2) is 13.2 Å². The van der Waals surface area contributed by atoms with Crippen LogP contribution in [0.5, 0.6) is 5.75 Å². The lowest BCUT2D eigenvalue weighted by Crippen LogP contribution is -2.13. The first-order valence-corrected chi connectivity index (χ1v) is 7.93. The number of benzene rings is 2. The van der Waals surface area contributed by atoms with Crippen LogP contribution in [0.25, 0.3) is 11.1 Å². The van der Waals surface area contributed by atoms with Crippen LogP contribution in [0.3, 0.4) is 0 Å². The molecule has 0 bridgehead atoms. The summed E-state index contributed by atoms with van der Waals surface area (Å²) in [5, 5.41) is 3.46. The molecule has 1 aliphatic rings. The van der Waals surface area contributed by atoms with Gasteiger partial charge in [-0.15, -0.1) is 0 Å². The molecule has 0 atom stereocenters. The molecule has 0 spiro atoms. The zero-order valence-electron chi connectivity index (χ0n) is 12.7. The smallest absolute Gasteiger partial charge is 0.130 e. The minimum atomic E-state index is 0.835. The highest BCUT2D eigenvalue weighted by molar-refractivity contribution is 5.73. The second-order valence-electron chi connectivity index (χ2n) is 5.62. The molecule has 1 heterocycles. The Balaban J connectivity index is 1.88. The Bertz CT molecular complexity index is 606. The van der Waals surface area contributed by atoms with E-state index in [-0.39, 0.29) is 0 Å². The maximum absolute atomic E-state index is 5.93. The molecule has 2 heteroatoms. The van der Waals surface area contributed by atoms with E-state index in [0.717, 1.165) is 38.3 Å². The van der Waals surface area contributed by atoms with Crippen molar-refractivity contribution in [2.24, 2.45) is 0 Å². The molecule has 0 radical (unpaired) electrons. The van der Waals surface area contributed by atoms with Crippen LogP contribution in [0.15, 0.2) is 42.5 Å². The summed E-state index contributed by atoms with van der Waals surface area (Å²) in [7, 11) is 0. The van der Waals surface area contributed by atoms with E-state index in [0.29, 0.717) is 0 Å². The lowest BCUT2D eigenvalue weighted by Gasteiger charge is -2.20. The standard InChI is InChI=1S/C19H23NO/c1-2-11-20-14-15-6-3-8-17(13-15)18-10-4-7-16-9-5-12-21-19(16)18/h3-4,6-8,10,13,20H,2,5,9,11-12,14H2,1H3. The molecule has 0 aliphatic carbocycles. The highest BCUT2D eigenvalue weighted by Crippen LogP contribution is 2.36. The second-order valence-corrected chi connectivity index (χ2v) is 5.62. The summed E-state index contributed by atoms with van der Waals surface area (Å²) in [4.78, 5) is 0. The summed E-state index contributed by atoms with van der Waals surface area (Å²) < 4.78 is 5.93. The molecule has 21 heavy (non-hydrogen) atoms. The minimum Gasteiger partial charge on any atom is -0.493 e. The Hall–Kier alpha value is -1.80. The number of hydrogen-bond donors (Lipinski definition) is 1. The van der Waals surface area contributed by atoms with E-state index < -0.39 is 0 Å². The molecule has 1 aliphatic heterocycles. The highest BCUT2D eigenvalue weighted by atomic mass is 16.5. The van der Waals surface area contributed by atoms with Gasteiger partial charge in [0.25, 0.3) is 0 Å². The number of aryl methyl sites for hydroxylation is 1. The normalized spacial score (nSPS) is 13.6. The molecule has 0 amide bonds. The average Bonchev–Trinajstić information content (AvgIpc) is 2.55. The topological polar surface area (TPSA) is 21.3 Å². The van der Waals surface area contributed by atoms with Gasteiger partial charge in [0.05, 0.1) is 6.61 Å². The molecular formula is C19H23NO. The van der Waals surface area contributed by atoms with Gasteiger partial charge in [-0.2, -0.15) is 0 Å². The van der Waals surface area contributed by atoms with Crippen molar-refractivity contribution in [3.63, 3.8) is 0 Å². The van der Waals surface area contributed by atoms with Crippen molar-refractivity contribution in [2.45, 2.75) is 32.7 Å². The molecule has 3 rings (SSSR count). The largest absolute Gasteiger partial charge is 0.493 e. The van der Waals surface area contributed by atoms with E-state index in [4.69, 9.17) is 4.74 Å². The third-order valence-corrected chi connectivity index (χ3v) is 3.93. The van der Waals surface area contributed by atoms with Gasteiger partial charge in [-0.1, -0.05) is 43.3 Å². The van der Waals surface area contributed by atoms with Crippen LogP contribution in [0.4, 0.5) is 0 Å². The highest BCUT2D eigenvalue weighted by Gasteiger charge is 2.15. The van der Waals surface area contributed by atoms with Crippen LogP contribution in [0, 0.1) is 0 Å². The molecule has 1 N–H and O–H groups in total. The van der Waals surface area contributed by atoms with E-state index in [1.54, 1.807) is 0 Å². The molecule has 0 fully saturated rings. The average molecular weight is 281 g/mol. The molecule has 0 aromatic heterocycles. The maximum atomic E-state index is 5.93. The maximum Gasteiger partial charge on any atom is 0.130 e. The number of rotatable bonds is 5. The summed E-state index contributed by atoms with van der Waals surface area (Å²) in [6.07, 6.45) is 3.41. The fourth-order valence-electron chi connectivity index (χ4n) is 2.87. The van der Waals surface area contributed by atoms with Gasteiger partial charge in [0.1, 0.15) is 5.75 Å². The monoisotopic (exact) mass is 281 g/mol. The van der Waals surface area contributed by atoms with E-state index >= 15 is 0 Å². The first-order chi connectivity index (χ1) is 10.4. The van der Waals surface area contributed by atoms with Crippen molar-refractivity contribution in [2.75, 3.05) is 13.2 Å². The second kappa shape index (κ2) is 6.77. The summed E-state index contributed by atoms with van der Waals surface area (Å²) in [6, 6.07) is 15.3. The van der Waals surface area contributed by atoms with Gasteiger partial charge < -0.3 is 10.1 Å². The third kappa shape index (κ3) is 3.27. The molecule has 2 aromatic rings. The van der Waals surface area contributed by atoms with Crippen molar-refractivity contribution in [1.82, 2.24) is 5.32 Å². The number of ether oxygens (including phenoxy) is 1. The Labute approximate surface area is 127 Å². The predicted octanol–water partition coefficient (Wildman–Crippen LogP) is 4.18. The van der Waals surface area contributed by atoms with E-state index in [9.17, 15) is 0 Å². The van der Waals surface area contributed by atoms with Crippen molar-refractivity contribution in [1.29, 1.82) is 0 Å². The minimum absolute atomic E-state index is 0.835. The predicted molar refractivity (Wildman–Crippen MR) is 87.7 cm³/mol. The lowest BCUT2D eigenvalue weighted by atomic mass is 9.96. The van der Waals surface area contributed by atoms with Gasteiger partial charge in [-0.25, -0.2) is 0 Å². The zero-order chi connectivity index (χ0) is 14.5. The zero-order valence-corrected chi connectivity index (χ0v) is 12.7. The summed E-state index contributed by atoms with van der Waals surface area (Å²) in [6.45, 7) is 5.02. The van der Waals surface area contributed by atoms with Gasteiger partial charge >= 0.3 is 0 Å². The SMILES string of the molecule is CCCNCc1cccc(-c2cccc3c2OCCC3)c1. The molecule has 0 saturated heterocycles. The molecular weight excluding hydrogens is 258 g/mol. The van der Waals surface area contributed by atoms with Crippen LogP contribution in [0.1, 0.15) is 30.9 Å². The van der Waals surface area contributed by atoms with Crippen molar-refractivity contribution >= 4 is 0 Å². The van der Waals surface area contributed by atoms with Gasteiger partial charge in [0.2, 0.25) is 0 Å². The Morgan fingerprint density at radius 1 is 1.14 bits per heavy atom. The van der Waals surface area contributed by atoms with Crippen molar-refractivity contribution < 1.29 is 4.74 Å². The van der Waals surface area contributed by atoms with Crippen LogP contribution in [0.2, 0.25) is 0 Å². The first kappa shape index (κ1) is 14.2. The number of nitrogens with one attached hydrogen (secondary N) is 1. The van der Waals surface area contributed by atoms with Crippen LogP contribution in [-0.2, 0) is 13.0 Å². The summed E-state index contributed by atoms with van der Waals surface area (Å²) >= 11 is 0. The quantitative estimate of drug-likeness (QED) is 0.830. The first-order valence-electron chi connectivity index (χ1n) is 7.93. The fraction of sp³-hybridized carbons (Fsp3) is 0.368. The van der Waals surface area contributed by atoms with Gasteiger partial charge in [-0.3, -0.25) is 0 Å². The fourth-order valence-corrected chi connectivity index (χ4v) is 2.87. The lowest BCUT2D eigenvalue weighted by molar-refractivity contribution is 0.289. The van der Waals surface area contributed by atoms with Gasteiger partial charge in [0.15, 0.2) is 0 Å². The van der Waals surface area contributed by atoms with Crippen molar-refractivity contribution in [3.8, 4) is 16.9 Å². The Morgan fingerprint density at radius 3 is 2.95 bits per heavy atom. The van der Waals surface area contributed by atoms with E-state index in [2.05, 4.69) is 54.7 Å². The molecule has 0 unspecified atom stereocenters. The summed E-state index contributed by atoms with van der Waals surface area (Å²) in [5.74, 6) is 1.09. The molecule has 2 aromatic carbocycles. The molecule has 110 valence electrons. The number of fused-ring (bicyclic) bond motifs is 1. The van der Waals surface area contributed by atoms with Gasteiger partial charge in [-0.05, 0) is 48.6 Å². The number of hydrogen-bond acceptors (Lipinski definition) is 2. The summed E-state index contributed by atoms with van der Waals surface area (Å²) in [5.41, 5.74) is 5.15. The van der Waals surface area contributed by atoms with Crippen LogP contribution < -0.4 is 10.1 Å². The Morgan fingerprint density at radius 2 is 2.05 bits per heavy atom. The third-order valence-electron chi connectivity index (χ3n) is 3.93. The van der Waals surface area contributed by atoms with E-state index in [1.165, 1.54) is 28.7 Å². The van der Waals surface area contributed by atoms with Crippen LogP contribution >= 0.6 is 0 Å². The Kier molecular flexibility index (Phi) is 4.56. The van der Waals surface area contributed by atoms with Crippen molar-refractivity contribution in [3.05, 3.63) is 53.6 Å². The molecule has 2 nitrogen and oxygen atoms in total. The van der Waals surface area contributed by atoms with Gasteiger partial charge in [0, 0.05) is 12.1 Å².